The van der Waals surface area contributed by atoms with Crippen LogP contribution in [0.5, 0.6) is 0 Å². The Morgan fingerprint density at radius 1 is 0.872 bits per heavy atom. The van der Waals surface area contributed by atoms with Crippen LogP contribution in [0, 0.1) is 0 Å². The maximum absolute atomic E-state index is 14.0. The summed E-state index contributed by atoms with van der Waals surface area (Å²) in [5.41, 5.74) is 0.443. The lowest BCUT2D eigenvalue weighted by Gasteiger charge is -2.33. The minimum Gasteiger partial charge on any atom is -0.355 e. The Bertz CT molecular complexity index is 1420. The molecule has 3 rings (SSSR count). The second-order valence-corrected chi connectivity index (χ2v) is 12.0. The molecule has 0 aliphatic carbocycles. The van der Waals surface area contributed by atoms with Gasteiger partial charge in [-0.15, -0.1) is 0 Å². The number of rotatable bonds is 11. The molecule has 0 saturated heterocycles. The number of halogens is 4. The van der Waals surface area contributed by atoms with E-state index in [9.17, 15) is 18.0 Å². The molecule has 0 saturated carbocycles. The van der Waals surface area contributed by atoms with Gasteiger partial charge < -0.3 is 10.2 Å². The fourth-order valence-corrected chi connectivity index (χ4v) is 6.37. The number of sulfonamides is 1. The summed E-state index contributed by atoms with van der Waals surface area (Å²) in [6.07, 6.45) is 0.253. The highest BCUT2D eigenvalue weighted by molar-refractivity contribution is 7.92. The van der Waals surface area contributed by atoms with Crippen molar-refractivity contribution >= 4 is 73.9 Å². The van der Waals surface area contributed by atoms with Crippen molar-refractivity contribution in [1.82, 2.24) is 10.2 Å². The van der Waals surface area contributed by atoms with Gasteiger partial charge in [-0.1, -0.05) is 77.6 Å². The first-order chi connectivity index (χ1) is 18.5. The summed E-state index contributed by atoms with van der Waals surface area (Å²) < 4.78 is 28.6. The number of carbonyl (C=O) groups is 2. The number of carbonyl (C=O) groups excluding carboxylic acids is 2. The van der Waals surface area contributed by atoms with Gasteiger partial charge in [0.05, 0.1) is 15.6 Å². The molecule has 12 heteroatoms. The van der Waals surface area contributed by atoms with Crippen molar-refractivity contribution in [3.63, 3.8) is 0 Å². The second-order valence-electron chi connectivity index (χ2n) is 8.46. The zero-order valence-corrected chi connectivity index (χ0v) is 25.0. The van der Waals surface area contributed by atoms with Gasteiger partial charge in [0.15, 0.2) is 0 Å². The van der Waals surface area contributed by atoms with Crippen molar-refractivity contribution in [1.29, 1.82) is 0 Å². The summed E-state index contributed by atoms with van der Waals surface area (Å²) in [4.78, 5) is 28.3. The van der Waals surface area contributed by atoms with Crippen LogP contribution in [-0.4, -0.2) is 44.3 Å². The highest BCUT2D eigenvalue weighted by atomic mass is 35.5. The Kier molecular flexibility index (Phi) is 10.9. The topological polar surface area (TPSA) is 86.8 Å². The number of hydrogen-bond acceptors (Lipinski definition) is 4. The molecule has 0 spiro atoms. The Balaban J connectivity index is 2.13. The van der Waals surface area contributed by atoms with E-state index in [1.54, 1.807) is 50.2 Å². The summed E-state index contributed by atoms with van der Waals surface area (Å²) >= 11 is 25.4. The number of likely N-dealkylation sites (N-methyl/N-ethyl adjacent to an activating group) is 1. The molecule has 1 atom stereocenters. The summed E-state index contributed by atoms with van der Waals surface area (Å²) in [6, 6.07) is 15.9. The third-order valence-electron chi connectivity index (χ3n) is 5.91. The van der Waals surface area contributed by atoms with Gasteiger partial charge in [0.1, 0.15) is 12.6 Å². The van der Waals surface area contributed by atoms with Crippen LogP contribution >= 0.6 is 46.4 Å². The fourth-order valence-electron chi connectivity index (χ4n) is 3.98. The van der Waals surface area contributed by atoms with Gasteiger partial charge in [-0.05, 0) is 55.8 Å². The van der Waals surface area contributed by atoms with Gasteiger partial charge in [-0.25, -0.2) is 8.42 Å². The summed E-state index contributed by atoms with van der Waals surface area (Å²) in [5, 5.41) is 3.64. The van der Waals surface area contributed by atoms with E-state index in [1.165, 1.54) is 35.2 Å². The summed E-state index contributed by atoms with van der Waals surface area (Å²) in [7, 11) is -4.28. The minimum absolute atomic E-state index is 0.0168. The lowest BCUT2D eigenvalue weighted by Crippen LogP contribution is -2.52. The van der Waals surface area contributed by atoms with Crippen LogP contribution in [-0.2, 0) is 26.2 Å². The van der Waals surface area contributed by atoms with Crippen LogP contribution in [0.1, 0.15) is 25.8 Å². The maximum atomic E-state index is 14.0. The molecule has 0 heterocycles. The lowest BCUT2D eigenvalue weighted by molar-refractivity contribution is -0.140. The molecule has 1 unspecified atom stereocenters. The Morgan fingerprint density at radius 2 is 1.51 bits per heavy atom. The molecular formula is C27H27Cl4N3O4S. The number of anilines is 1. The monoisotopic (exact) mass is 629 g/mol. The van der Waals surface area contributed by atoms with Crippen LogP contribution in [0.4, 0.5) is 5.69 Å². The molecule has 0 aliphatic heterocycles. The van der Waals surface area contributed by atoms with E-state index in [1.807, 2.05) is 0 Å². The van der Waals surface area contributed by atoms with E-state index in [0.29, 0.717) is 22.2 Å². The molecule has 2 amide bonds. The van der Waals surface area contributed by atoms with Gasteiger partial charge in [0, 0.05) is 33.7 Å². The number of benzene rings is 3. The molecule has 0 aromatic heterocycles. The maximum Gasteiger partial charge on any atom is 0.264 e. The van der Waals surface area contributed by atoms with E-state index in [0.717, 1.165) is 4.31 Å². The smallest absolute Gasteiger partial charge is 0.264 e. The Labute approximate surface area is 248 Å². The Hall–Kier alpha value is -2.49. The standard InChI is InChI=1S/C27H27Cl4N3O4S/c1-3-24(27(36)32-4-2)33(16-20-21(29)11-8-12-22(20)30)26(35)17-34(25-15-18(28)13-14-23(25)31)39(37,38)19-9-6-5-7-10-19/h5-15,24H,3-4,16-17H2,1-2H3,(H,32,36). The molecule has 0 fully saturated rings. The van der Waals surface area contributed by atoms with Crippen molar-refractivity contribution < 1.29 is 18.0 Å². The second kappa shape index (κ2) is 13.7. The number of nitrogens with one attached hydrogen (secondary N) is 1. The highest BCUT2D eigenvalue weighted by Gasteiger charge is 2.35. The van der Waals surface area contributed by atoms with Crippen molar-refractivity contribution in [3.05, 3.63) is 92.4 Å². The SMILES string of the molecule is CCNC(=O)C(CC)N(Cc1c(Cl)cccc1Cl)C(=O)CN(c1cc(Cl)ccc1Cl)S(=O)(=O)c1ccccc1. The van der Waals surface area contributed by atoms with Gasteiger partial charge in [0.25, 0.3) is 10.0 Å². The van der Waals surface area contributed by atoms with Gasteiger partial charge >= 0.3 is 0 Å². The third kappa shape index (κ3) is 7.38. The first kappa shape index (κ1) is 31.0. The highest BCUT2D eigenvalue weighted by Crippen LogP contribution is 2.34. The van der Waals surface area contributed by atoms with Gasteiger partial charge in [-0.3, -0.25) is 13.9 Å². The first-order valence-electron chi connectivity index (χ1n) is 12.0. The molecular weight excluding hydrogens is 604 g/mol. The molecule has 208 valence electrons. The molecule has 7 nitrogen and oxygen atoms in total. The average molecular weight is 631 g/mol. The van der Waals surface area contributed by atoms with Gasteiger partial charge in [-0.2, -0.15) is 0 Å². The molecule has 1 N–H and O–H groups in total. The third-order valence-corrected chi connectivity index (χ3v) is 8.95. The largest absolute Gasteiger partial charge is 0.355 e. The zero-order valence-electron chi connectivity index (χ0n) is 21.2. The minimum atomic E-state index is -4.28. The average Bonchev–Trinajstić information content (AvgIpc) is 2.90. The van der Waals surface area contributed by atoms with Crippen molar-refractivity contribution in [2.45, 2.75) is 37.8 Å². The number of nitrogens with zero attached hydrogens (tertiary/aromatic N) is 2. The molecule has 3 aromatic rings. The zero-order chi connectivity index (χ0) is 28.7. The lowest BCUT2D eigenvalue weighted by atomic mass is 10.1. The Morgan fingerprint density at radius 3 is 2.10 bits per heavy atom. The normalized spacial score (nSPS) is 12.1. The van der Waals surface area contributed by atoms with Crippen molar-refractivity contribution in [3.8, 4) is 0 Å². The van der Waals surface area contributed by atoms with E-state index in [2.05, 4.69) is 5.32 Å². The molecule has 3 aromatic carbocycles. The fraction of sp³-hybridized carbons (Fsp3) is 0.259. The van der Waals surface area contributed by atoms with E-state index >= 15 is 0 Å². The molecule has 0 bridgehead atoms. The van der Waals surface area contributed by atoms with E-state index in [-0.39, 0.29) is 33.6 Å². The van der Waals surface area contributed by atoms with Crippen LogP contribution in [0.3, 0.4) is 0 Å². The van der Waals surface area contributed by atoms with Crippen LogP contribution in [0.15, 0.2) is 71.6 Å². The van der Waals surface area contributed by atoms with Crippen LogP contribution < -0.4 is 9.62 Å². The number of hydrogen-bond donors (Lipinski definition) is 1. The van der Waals surface area contributed by atoms with E-state index in [4.69, 9.17) is 46.4 Å². The summed E-state index contributed by atoms with van der Waals surface area (Å²) in [5.74, 6) is -1.06. The van der Waals surface area contributed by atoms with Gasteiger partial charge in [0.2, 0.25) is 11.8 Å². The van der Waals surface area contributed by atoms with Crippen molar-refractivity contribution in [2.24, 2.45) is 0 Å². The molecule has 39 heavy (non-hydrogen) atoms. The predicted molar refractivity (Wildman–Crippen MR) is 157 cm³/mol. The molecule has 0 aliphatic rings. The van der Waals surface area contributed by atoms with Crippen LogP contribution in [0.25, 0.3) is 0 Å². The van der Waals surface area contributed by atoms with E-state index < -0.39 is 34.4 Å². The predicted octanol–water partition coefficient (Wildman–Crippen LogP) is 6.44. The molecule has 0 radical (unpaired) electrons. The quantitative estimate of drug-likeness (QED) is 0.264. The summed E-state index contributed by atoms with van der Waals surface area (Å²) in [6.45, 7) is 3.05. The van der Waals surface area contributed by atoms with Crippen molar-refractivity contribution in [2.75, 3.05) is 17.4 Å². The van der Waals surface area contributed by atoms with Crippen LogP contribution in [0.2, 0.25) is 20.1 Å². The number of amides is 2. The first-order valence-corrected chi connectivity index (χ1v) is 15.0.